The lowest BCUT2D eigenvalue weighted by Gasteiger charge is -2.02. The van der Waals surface area contributed by atoms with Gasteiger partial charge in [0.1, 0.15) is 0 Å². The Morgan fingerprint density at radius 3 is 2.80 bits per heavy atom. The molecule has 0 atom stereocenters. The number of carbonyl (C=O) groups excluding carboxylic acids is 1. The number of tetrazole rings is 1. The summed E-state index contributed by atoms with van der Waals surface area (Å²) in [5.41, 5.74) is 7.98. The van der Waals surface area contributed by atoms with Gasteiger partial charge in [-0.25, -0.2) is 0 Å². The molecule has 1 aromatic carbocycles. The third kappa shape index (κ3) is 4.85. The fourth-order valence-corrected chi connectivity index (χ4v) is 2.81. The van der Waals surface area contributed by atoms with E-state index in [1.54, 1.807) is 11.0 Å². The lowest BCUT2D eigenvalue weighted by molar-refractivity contribution is -0.116. The zero-order valence-electron chi connectivity index (χ0n) is 13.6. The van der Waals surface area contributed by atoms with Gasteiger partial charge in [0.25, 0.3) is 0 Å². The van der Waals surface area contributed by atoms with E-state index in [0.717, 1.165) is 21.7 Å². The van der Waals surface area contributed by atoms with E-state index in [0.29, 0.717) is 12.4 Å². The maximum atomic E-state index is 10.7. The first kappa shape index (κ1) is 17.1. The van der Waals surface area contributed by atoms with Crippen molar-refractivity contribution in [2.45, 2.75) is 18.4 Å². The van der Waals surface area contributed by atoms with Gasteiger partial charge in [0.05, 0.1) is 13.1 Å². The van der Waals surface area contributed by atoms with E-state index < -0.39 is 5.91 Å². The molecule has 3 rings (SSSR count). The normalized spacial score (nSPS) is 10.8. The van der Waals surface area contributed by atoms with Crippen LogP contribution in [0.25, 0.3) is 11.4 Å². The minimum Gasteiger partial charge on any atom is -0.369 e. The largest absolute Gasteiger partial charge is 0.369 e. The molecule has 3 aromatic rings. The Hall–Kier alpha value is -2.78. The highest BCUT2D eigenvalue weighted by atomic mass is 32.2. The summed E-state index contributed by atoms with van der Waals surface area (Å²) in [4.78, 5) is 17.4. The Morgan fingerprint density at radius 2 is 2.08 bits per heavy atom. The quantitative estimate of drug-likeness (QED) is 0.612. The molecule has 0 bridgehead atoms. The van der Waals surface area contributed by atoms with Crippen molar-refractivity contribution < 1.29 is 4.79 Å². The van der Waals surface area contributed by atoms with Crippen LogP contribution in [-0.2, 0) is 11.3 Å². The van der Waals surface area contributed by atoms with Crippen LogP contribution in [0.15, 0.2) is 47.5 Å². The Balaban J connectivity index is 1.64. The number of pyridine rings is 1. The fraction of sp³-hybridized carbons (Fsp3) is 0.188. The standard InChI is InChI=1S/C16H17N7OS/c1-11-8-12(6-7-18-11)10-23-21-16(20-22-23)13-2-4-14(5-3-13)25-19-9-15(17)24/h2-8,19H,9-10H2,1H3,(H2,17,24). The summed E-state index contributed by atoms with van der Waals surface area (Å²) >= 11 is 1.34. The van der Waals surface area contributed by atoms with Crippen LogP contribution in [-0.4, -0.2) is 37.6 Å². The first-order valence-electron chi connectivity index (χ1n) is 7.58. The minimum atomic E-state index is -0.394. The lowest BCUT2D eigenvalue weighted by atomic mass is 10.2. The molecule has 0 aliphatic carbocycles. The van der Waals surface area contributed by atoms with E-state index in [-0.39, 0.29) is 6.54 Å². The summed E-state index contributed by atoms with van der Waals surface area (Å²) in [6, 6.07) is 11.6. The minimum absolute atomic E-state index is 0.122. The highest BCUT2D eigenvalue weighted by Crippen LogP contribution is 2.20. The summed E-state index contributed by atoms with van der Waals surface area (Å²) in [6.45, 7) is 2.61. The number of aryl methyl sites for hydroxylation is 1. The van der Waals surface area contributed by atoms with Crippen LogP contribution in [0.5, 0.6) is 0 Å². The summed E-state index contributed by atoms with van der Waals surface area (Å²) in [5, 5.41) is 12.6. The van der Waals surface area contributed by atoms with Gasteiger partial charge in [-0.3, -0.25) is 14.5 Å². The monoisotopic (exact) mass is 355 g/mol. The van der Waals surface area contributed by atoms with Crippen molar-refractivity contribution in [3.05, 3.63) is 53.9 Å². The van der Waals surface area contributed by atoms with Crippen LogP contribution < -0.4 is 10.5 Å². The average molecular weight is 355 g/mol. The number of rotatable bonds is 7. The second kappa shape index (κ2) is 7.86. The van der Waals surface area contributed by atoms with Crippen molar-refractivity contribution in [2.75, 3.05) is 6.54 Å². The van der Waals surface area contributed by atoms with Gasteiger partial charge in [0.2, 0.25) is 11.7 Å². The Bertz CT molecular complexity index is 863. The number of aromatic nitrogens is 5. The van der Waals surface area contributed by atoms with Gasteiger partial charge in [-0.2, -0.15) is 4.80 Å². The number of primary amides is 1. The fourth-order valence-electron chi connectivity index (χ4n) is 2.15. The molecule has 0 aliphatic heterocycles. The number of carbonyl (C=O) groups is 1. The van der Waals surface area contributed by atoms with Gasteiger partial charge >= 0.3 is 0 Å². The SMILES string of the molecule is Cc1cc(Cn2nnc(-c3ccc(SNCC(N)=O)cc3)n2)ccn1. The smallest absolute Gasteiger partial charge is 0.232 e. The molecule has 128 valence electrons. The first-order valence-corrected chi connectivity index (χ1v) is 8.39. The summed E-state index contributed by atoms with van der Waals surface area (Å²) < 4.78 is 2.89. The van der Waals surface area contributed by atoms with Crippen molar-refractivity contribution in [1.29, 1.82) is 0 Å². The van der Waals surface area contributed by atoms with Crippen LogP contribution in [0.1, 0.15) is 11.3 Å². The molecule has 0 fully saturated rings. The zero-order chi connectivity index (χ0) is 17.6. The van der Waals surface area contributed by atoms with Crippen LogP contribution in [0.3, 0.4) is 0 Å². The van der Waals surface area contributed by atoms with E-state index in [2.05, 4.69) is 25.1 Å². The topological polar surface area (TPSA) is 112 Å². The van der Waals surface area contributed by atoms with Gasteiger partial charge in [-0.15, -0.1) is 10.2 Å². The van der Waals surface area contributed by atoms with Gasteiger partial charge in [0, 0.05) is 22.3 Å². The van der Waals surface area contributed by atoms with Crippen molar-refractivity contribution in [3.8, 4) is 11.4 Å². The van der Waals surface area contributed by atoms with Gasteiger partial charge in [-0.05, 0) is 66.0 Å². The molecule has 0 spiro atoms. The number of nitrogens with zero attached hydrogens (tertiary/aromatic N) is 5. The molecule has 1 amide bonds. The zero-order valence-corrected chi connectivity index (χ0v) is 14.4. The van der Waals surface area contributed by atoms with Gasteiger partial charge < -0.3 is 5.73 Å². The van der Waals surface area contributed by atoms with Crippen molar-refractivity contribution in [2.24, 2.45) is 5.73 Å². The third-order valence-corrected chi connectivity index (χ3v) is 4.08. The Morgan fingerprint density at radius 1 is 1.28 bits per heavy atom. The molecule has 0 aliphatic rings. The molecule has 0 unspecified atom stereocenters. The predicted octanol–water partition coefficient (Wildman–Crippen LogP) is 1.17. The van der Waals surface area contributed by atoms with E-state index in [1.165, 1.54) is 11.9 Å². The Labute approximate surface area is 149 Å². The summed E-state index contributed by atoms with van der Waals surface area (Å²) in [6.07, 6.45) is 1.77. The Kier molecular flexibility index (Phi) is 5.36. The van der Waals surface area contributed by atoms with Gasteiger partial charge in [0.15, 0.2) is 0 Å². The predicted molar refractivity (Wildman–Crippen MR) is 94.4 cm³/mol. The number of amides is 1. The van der Waals surface area contributed by atoms with Crippen molar-refractivity contribution in [1.82, 2.24) is 29.9 Å². The summed E-state index contributed by atoms with van der Waals surface area (Å²) in [7, 11) is 0. The van der Waals surface area contributed by atoms with Crippen molar-refractivity contribution >= 4 is 17.9 Å². The number of nitrogens with one attached hydrogen (secondary N) is 1. The van der Waals surface area contributed by atoms with E-state index in [9.17, 15) is 4.79 Å². The highest BCUT2D eigenvalue weighted by Gasteiger charge is 2.07. The highest BCUT2D eigenvalue weighted by molar-refractivity contribution is 7.97. The molecule has 8 nitrogen and oxygen atoms in total. The van der Waals surface area contributed by atoms with E-state index in [1.807, 2.05) is 43.3 Å². The maximum Gasteiger partial charge on any atom is 0.232 e. The van der Waals surface area contributed by atoms with Crippen LogP contribution >= 0.6 is 11.9 Å². The summed E-state index contributed by atoms with van der Waals surface area (Å²) in [5.74, 6) is 0.168. The van der Waals surface area contributed by atoms with E-state index >= 15 is 0 Å². The molecule has 2 aromatic heterocycles. The average Bonchev–Trinajstić information content (AvgIpc) is 3.04. The number of hydrogen-bond donors (Lipinski definition) is 2. The van der Waals surface area contributed by atoms with Crippen LogP contribution in [0.4, 0.5) is 0 Å². The lowest BCUT2D eigenvalue weighted by Crippen LogP contribution is -2.23. The van der Waals surface area contributed by atoms with E-state index in [4.69, 9.17) is 5.73 Å². The second-order valence-electron chi connectivity index (χ2n) is 5.36. The van der Waals surface area contributed by atoms with Crippen LogP contribution in [0.2, 0.25) is 0 Å². The van der Waals surface area contributed by atoms with Gasteiger partial charge in [-0.1, -0.05) is 0 Å². The molecule has 9 heteroatoms. The number of nitrogens with two attached hydrogens (primary N) is 1. The third-order valence-electron chi connectivity index (χ3n) is 3.29. The molecule has 3 N–H and O–H groups in total. The maximum absolute atomic E-state index is 10.7. The molecule has 0 saturated heterocycles. The first-order chi connectivity index (χ1) is 12.1. The second-order valence-corrected chi connectivity index (χ2v) is 6.33. The molecule has 0 saturated carbocycles. The number of hydrogen-bond acceptors (Lipinski definition) is 7. The molecule has 2 heterocycles. The molecule has 25 heavy (non-hydrogen) atoms. The number of benzene rings is 1. The molecular formula is C16H17N7OS. The molecular weight excluding hydrogens is 338 g/mol. The van der Waals surface area contributed by atoms with Crippen molar-refractivity contribution in [3.63, 3.8) is 0 Å². The molecule has 0 radical (unpaired) electrons. The van der Waals surface area contributed by atoms with Crippen LogP contribution in [0, 0.1) is 6.92 Å².